The third-order valence-electron chi connectivity index (χ3n) is 2.74. The summed E-state index contributed by atoms with van der Waals surface area (Å²) >= 11 is 2.33. The first-order valence-electron chi connectivity index (χ1n) is 4.95. The maximum absolute atomic E-state index is 9.12. The van der Waals surface area contributed by atoms with Gasteiger partial charge in [0.05, 0.1) is 6.61 Å². The van der Waals surface area contributed by atoms with E-state index >= 15 is 0 Å². The van der Waals surface area contributed by atoms with Crippen LogP contribution in [0.15, 0.2) is 18.2 Å². The molecule has 1 aromatic carbocycles. The van der Waals surface area contributed by atoms with Crippen molar-refractivity contribution in [3.63, 3.8) is 0 Å². The number of hydrogen-bond acceptors (Lipinski definition) is 1. The van der Waals surface area contributed by atoms with Crippen molar-refractivity contribution in [2.75, 3.05) is 6.61 Å². The molecule has 1 aliphatic rings. The zero-order valence-electron chi connectivity index (χ0n) is 8.26. The third kappa shape index (κ3) is 2.11. The fourth-order valence-corrected chi connectivity index (χ4v) is 2.42. The van der Waals surface area contributed by atoms with Gasteiger partial charge in [-0.3, -0.25) is 0 Å². The average Bonchev–Trinajstić information content (AvgIpc) is 3.01. The van der Waals surface area contributed by atoms with Gasteiger partial charge in [-0.15, -0.1) is 0 Å². The van der Waals surface area contributed by atoms with E-state index in [4.69, 9.17) is 5.11 Å². The van der Waals surface area contributed by atoms with Gasteiger partial charge in [0.1, 0.15) is 0 Å². The Morgan fingerprint density at radius 2 is 2.21 bits per heavy atom. The van der Waals surface area contributed by atoms with Crippen LogP contribution in [-0.2, 0) is 0 Å². The molecule has 1 N–H and O–H groups in total. The third-order valence-corrected chi connectivity index (χ3v) is 3.68. The van der Waals surface area contributed by atoms with Gasteiger partial charge in [-0.1, -0.05) is 19.1 Å². The largest absolute Gasteiger partial charge is 0.395 e. The molecule has 1 radical (unpaired) electrons. The Morgan fingerprint density at radius 3 is 2.79 bits per heavy atom. The molecule has 0 saturated heterocycles. The summed E-state index contributed by atoms with van der Waals surface area (Å²) in [5.41, 5.74) is 2.66. The summed E-state index contributed by atoms with van der Waals surface area (Å²) in [6, 6.07) is 6.61. The molecule has 0 unspecified atom stereocenters. The van der Waals surface area contributed by atoms with E-state index in [2.05, 4.69) is 40.8 Å². The first-order chi connectivity index (χ1) is 6.72. The Morgan fingerprint density at radius 1 is 1.50 bits per heavy atom. The van der Waals surface area contributed by atoms with E-state index in [1.165, 1.54) is 27.5 Å². The lowest BCUT2D eigenvalue weighted by Crippen LogP contribution is -2.03. The van der Waals surface area contributed by atoms with Crippen LogP contribution in [0.1, 0.15) is 36.8 Å². The van der Waals surface area contributed by atoms with E-state index in [1.807, 2.05) is 6.92 Å². The van der Waals surface area contributed by atoms with Crippen LogP contribution >= 0.6 is 22.6 Å². The van der Waals surface area contributed by atoms with Gasteiger partial charge in [-0.2, -0.15) is 0 Å². The molecule has 0 amide bonds. The fraction of sp³-hybridized carbons (Fsp3) is 0.417. The summed E-state index contributed by atoms with van der Waals surface area (Å²) < 4.78 is 1.23. The Labute approximate surface area is 98.7 Å². The van der Waals surface area contributed by atoms with Crippen molar-refractivity contribution in [2.24, 2.45) is 0 Å². The van der Waals surface area contributed by atoms with Crippen molar-refractivity contribution in [2.45, 2.75) is 25.7 Å². The zero-order valence-corrected chi connectivity index (χ0v) is 10.4. The standard InChI is InChI=1S/C12H14IO/c1-8(7-14)11-6-10(9-2-3-9)4-5-12(11)13/h4-6,9,14H,2-3,7H2,1H3. The number of hydrogen-bond donors (Lipinski definition) is 1. The van der Waals surface area contributed by atoms with Gasteiger partial charge >= 0.3 is 0 Å². The maximum Gasteiger partial charge on any atom is 0.0535 e. The molecule has 75 valence electrons. The normalized spacial score (nSPS) is 16.3. The summed E-state index contributed by atoms with van der Waals surface area (Å²) in [4.78, 5) is 0. The van der Waals surface area contributed by atoms with Gasteiger partial charge in [-0.05, 0) is 58.5 Å². The summed E-state index contributed by atoms with van der Waals surface area (Å²) in [6.45, 7) is 2.15. The minimum atomic E-state index is 0.157. The summed E-state index contributed by atoms with van der Waals surface area (Å²) in [5, 5.41) is 9.12. The lowest BCUT2D eigenvalue weighted by atomic mass is 9.98. The van der Waals surface area contributed by atoms with Crippen molar-refractivity contribution in [1.29, 1.82) is 0 Å². The van der Waals surface area contributed by atoms with Crippen LogP contribution in [0.4, 0.5) is 0 Å². The highest BCUT2D eigenvalue weighted by atomic mass is 127. The number of aliphatic hydroxyl groups excluding tert-OH is 1. The maximum atomic E-state index is 9.12. The van der Waals surface area contributed by atoms with Gasteiger partial charge in [0, 0.05) is 9.49 Å². The second-order valence-corrected chi connectivity index (χ2v) is 5.11. The molecular formula is C12H14IO. The Bertz CT molecular complexity index is 331. The van der Waals surface area contributed by atoms with Crippen molar-refractivity contribution in [1.82, 2.24) is 0 Å². The average molecular weight is 301 g/mol. The van der Waals surface area contributed by atoms with Crippen LogP contribution in [0.25, 0.3) is 0 Å². The van der Waals surface area contributed by atoms with Crippen molar-refractivity contribution in [3.8, 4) is 0 Å². The molecule has 14 heavy (non-hydrogen) atoms. The second-order valence-electron chi connectivity index (χ2n) is 3.95. The number of aliphatic hydroxyl groups is 1. The predicted octanol–water partition coefficient (Wildman–Crippen LogP) is 3.10. The zero-order chi connectivity index (χ0) is 10.1. The van der Waals surface area contributed by atoms with E-state index < -0.39 is 0 Å². The van der Waals surface area contributed by atoms with Crippen LogP contribution in [0.3, 0.4) is 0 Å². The van der Waals surface area contributed by atoms with Crippen LogP contribution in [-0.4, -0.2) is 11.7 Å². The highest BCUT2D eigenvalue weighted by Gasteiger charge is 2.24. The number of halogens is 1. The monoisotopic (exact) mass is 301 g/mol. The molecule has 2 rings (SSSR count). The minimum Gasteiger partial charge on any atom is -0.395 e. The van der Waals surface area contributed by atoms with Crippen molar-refractivity contribution < 1.29 is 5.11 Å². The quantitative estimate of drug-likeness (QED) is 0.851. The fourth-order valence-electron chi connectivity index (χ4n) is 1.63. The minimum absolute atomic E-state index is 0.157. The summed E-state index contributed by atoms with van der Waals surface area (Å²) in [5.74, 6) is 1.86. The lowest BCUT2D eigenvalue weighted by Gasteiger charge is -2.11. The Hall–Kier alpha value is -0.0900. The molecule has 0 bridgehead atoms. The van der Waals surface area contributed by atoms with Crippen molar-refractivity contribution >= 4 is 22.6 Å². The van der Waals surface area contributed by atoms with E-state index in [0.717, 1.165) is 11.8 Å². The molecule has 1 fully saturated rings. The first-order valence-corrected chi connectivity index (χ1v) is 6.03. The molecule has 1 nitrogen and oxygen atoms in total. The summed E-state index contributed by atoms with van der Waals surface area (Å²) in [6.07, 6.45) is 2.66. The molecule has 1 aliphatic carbocycles. The van der Waals surface area contributed by atoms with E-state index in [9.17, 15) is 0 Å². The number of benzene rings is 1. The molecule has 0 heterocycles. The highest BCUT2D eigenvalue weighted by molar-refractivity contribution is 14.1. The van der Waals surface area contributed by atoms with Crippen LogP contribution in [0, 0.1) is 9.49 Å². The smallest absolute Gasteiger partial charge is 0.0535 e. The van der Waals surface area contributed by atoms with Crippen LogP contribution < -0.4 is 0 Å². The molecule has 0 aromatic heterocycles. The van der Waals surface area contributed by atoms with Gasteiger partial charge in [0.15, 0.2) is 0 Å². The topological polar surface area (TPSA) is 20.2 Å². The van der Waals surface area contributed by atoms with Gasteiger partial charge in [-0.25, -0.2) is 0 Å². The van der Waals surface area contributed by atoms with E-state index in [0.29, 0.717) is 0 Å². The van der Waals surface area contributed by atoms with Crippen molar-refractivity contribution in [3.05, 3.63) is 38.8 Å². The van der Waals surface area contributed by atoms with Gasteiger partial charge in [0.25, 0.3) is 0 Å². The molecule has 1 saturated carbocycles. The Balaban J connectivity index is 2.31. The molecular weight excluding hydrogens is 287 g/mol. The van der Waals surface area contributed by atoms with E-state index in [-0.39, 0.29) is 6.61 Å². The molecule has 2 heteroatoms. The second kappa shape index (κ2) is 4.19. The Kier molecular flexibility index (Phi) is 3.12. The first kappa shape index (κ1) is 10.4. The predicted molar refractivity (Wildman–Crippen MR) is 66.2 cm³/mol. The molecule has 0 spiro atoms. The number of rotatable bonds is 3. The SMILES string of the molecule is C[C](CO)c1cc(C2CC2)ccc1I. The summed E-state index contributed by atoms with van der Waals surface area (Å²) in [7, 11) is 0. The molecule has 0 atom stereocenters. The lowest BCUT2D eigenvalue weighted by molar-refractivity contribution is 0.314. The van der Waals surface area contributed by atoms with E-state index in [1.54, 1.807) is 0 Å². The van der Waals surface area contributed by atoms with Gasteiger partial charge in [0.2, 0.25) is 0 Å². The van der Waals surface area contributed by atoms with Crippen LogP contribution in [0.2, 0.25) is 0 Å². The molecule has 1 aromatic rings. The highest BCUT2D eigenvalue weighted by Crippen LogP contribution is 2.41. The molecule has 0 aliphatic heterocycles. The van der Waals surface area contributed by atoms with Crippen LogP contribution in [0.5, 0.6) is 0 Å². The van der Waals surface area contributed by atoms with Gasteiger partial charge < -0.3 is 5.11 Å².